The van der Waals surface area contributed by atoms with Crippen LogP contribution in [0.15, 0.2) is 24.3 Å². The van der Waals surface area contributed by atoms with E-state index in [1.807, 2.05) is 38.1 Å². The molecule has 192 valence electrons. The SMILES string of the molecule is CC[C@H](C)[C@H](NC(=O)c1ccc(N2CCN(C)CC2)cc1)C(=O)N1C[C@@H](C(C)C)[C@H]2OCC(=O)[C@H]21. The van der Waals surface area contributed by atoms with E-state index in [-0.39, 0.29) is 42.1 Å². The number of Topliss-reactive ketones (excluding diaryl/α,β-unsaturated/α-hetero) is 1. The summed E-state index contributed by atoms with van der Waals surface area (Å²) in [4.78, 5) is 45.9. The lowest BCUT2D eigenvalue weighted by molar-refractivity contribution is -0.139. The second kappa shape index (κ2) is 10.7. The standard InChI is InChI=1S/C27H40N4O4/c1-6-18(4)23(27(34)31-15-21(17(2)3)25-24(31)22(32)16-35-25)28-26(33)19-7-9-20(10-8-19)30-13-11-29(5)12-14-30/h7-10,17-18,21,23-25H,6,11-16H2,1-5H3,(H,28,33)/t18-,21-,23-,24+,25+/m0/s1. The number of fused-ring (bicyclic) bond motifs is 1. The van der Waals surface area contributed by atoms with E-state index in [0.717, 1.165) is 38.3 Å². The molecule has 0 radical (unpaired) electrons. The van der Waals surface area contributed by atoms with Crippen molar-refractivity contribution in [3.8, 4) is 0 Å². The van der Waals surface area contributed by atoms with Crippen molar-refractivity contribution in [1.29, 1.82) is 0 Å². The summed E-state index contributed by atoms with van der Waals surface area (Å²) in [5.74, 6) is -0.143. The molecular weight excluding hydrogens is 444 g/mol. The Hall–Kier alpha value is -2.45. The van der Waals surface area contributed by atoms with E-state index in [1.54, 1.807) is 4.90 Å². The minimum absolute atomic E-state index is 0.0415. The number of ketones is 1. The van der Waals surface area contributed by atoms with Crippen molar-refractivity contribution < 1.29 is 19.1 Å². The van der Waals surface area contributed by atoms with Crippen LogP contribution >= 0.6 is 0 Å². The molecule has 1 aromatic carbocycles. The zero-order valence-electron chi connectivity index (χ0n) is 21.7. The molecule has 3 aliphatic rings. The first-order chi connectivity index (χ1) is 16.7. The Bertz CT molecular complexity index is 926. The van der Waals surface area contributed by atoms with Gasteiger partial charge in [-0.15, -0.1) is 0 Å². The van der Waals surface area contributed by atoms with Gasteiger partial charge in [0.15, 0.2) is 5.78 Å². The van der Waals surface area contributed by atoms with Crippen LogP contribution in [0.1, 0.15) is 44.5 Å². The number of hydrogen-bond acceptors (Lipinski definition) is 6. The number of likely N-dealkylation sites (tertiary alicyclic amines) is 1. The minimum Gasteiger partial charge on any atom is -0.369 e. The fourth-order valence-corrected chi connectivity index (χ4v) is 5.48. The van der Waals surface area contributed by atoms with Crippen LogP contribution in [-0.2, 0) is 14.3 Å². The molecule has 3 saturated heterocycles. The first kappa shape index (κ1) is 25.6. The molecule has 4 rings (SSSR count). The van der Waals surface area contributed by atoms with Crippen LogP contribution in [0.5, 0.6) is 0 Å². The number of carbonyl (C=O) groups excluding carboxylic acids is 3. The number of carbonyl (C=O) groups is 3. The summed E-state index contributed by atoms with van der Waals surface area (Å²) in [6, 6.07) is 6.39. The van der Waals surface area contributed by atoms with Crippen LogP contribution in [-0.4, -0.2) is 92.0 Å². The fraction of sp³-hybridized carbons (Fsp3) is 0.667. The van der Waals surface area contributed by atoms with Gasteiger partial charge in [0, 0.05) is 49.9 Å². The summed E-state index contributed by atoms with van der Waals surface area (Å²) < 4.78 is 5.79. The normalized spacial score (nSPS) is 26.7. The lowest BCUT2D eigenvalue weighted by Gasteiger charge is -2.34. The smallest absolute Gasteiger partial charge is 0.251 e. The maximum atomic E-state index is 13.7. The van der Waals surface area contributed by atoms with Crippen molar-refractivity contribution in [3.63, 3.8) is 0 Å². The van der Waals surface area contributed by atoms with E-state index < -0.39 is 12.1 Å². The van der Waals surface area contributed by atoms with Crippen LogP contribution < -0.4 is 10.2 Å². The number of anilines is 1. The molecule has 0 spiro atoms. The summed E-state index contributed by atoms with van der Waals surface area (Å²) >= 11 is 0. The summed E-state index contributed by atoms with van der Waals surface area (Å²) in [7, 11) is 2.13. The van der Waals surface area contributed by atoms with Gasteiger partial charge in [0.1, 0.15) is 18.7 Å². The first-order valence-electron chi connectivity index (χ1n) is 13.0. The quantitative estimate of drug-likeness (QED) is 0.638. The minimum atomic E-state index is -0.690. The van der Waals surface area contributed by atoms with Crippen LogP contribution in [0.25, 0.3) is 0 Å². The summed E-state index contributed by atoms with van der Waals surface area (Å²) in [6.45, 7) is 12.7. The molecule has 0 aromatic heterocycles. The van der Waals surface area contributed by atoms with E-state index in [1.165, 1.54) is 0 Å². The van der Waals surface area contributed by atoms with Gasteiger partial charge in [-0.3, -0.25) is 14.4 Å². The highest BCUT2D eigenvalue weighted by Gasteiger charge is 2.54. The van der Waals surface area contributed by atoms with Gasteiger partial charge in [0.2, 0.25) is 5.91 Å². The van der Waals surface area contributed by atoms with Gasteiger partial charge in [-0.2, -0.15) is 0 Å². The maximum absolute atomic E-state index is 13.7. The van der Waals surface area contributed by atoms with Gasteiger partial charge >= 0.3 is 0 Å². The Morgan fingerprint density at radius 3 is 2.34 bits per heavy atom. The second-order valence-electron chi connectivity index (χ2n) is 10.8. The summed E-state index contributed by atoms with van der Waals surface area (Å²) in [5, 5.41) is 3.00. The van der Waals surface area contributed by atoms with Crippen LogP contribution in [0.3, 0.4) is 0 Å². The lowest BCUT2D eigenvalue weighted by Crippen LogP contribution is -2.54. The van der Waals surface area contributed by atoms with Gasteiger partial charge in [0.25, 0.3) is 5.91 Å². The number of nitrogens with zero attached hydrogens (tertiary/aromatic N) is 3. The molecule has 35 heavy (non-hydrogen) atoms. The number of likely N-dealkylation sites (N-methyl/N-ethyl adjacent to an activating group) is 1. The third-order valence-electron chi connectivity index (χ3n) is 8.13. The molecule has 0 saturated carbocycles. The molecule has 0 aliphatic carbocycles. The van der Waals surface area contributed by atoms with Crippen molar-refractivity contribution in [2.24, 2.45) is 17.8 Å². The molecule has 3 heterocycles. The Morgan fingerprint density at radius 1 is 1.09 bits per heavy atom. The van der Waals surface area contributed by atoms with Crippen LogP contribution in [0.2, 0.25) is 0 Å². The van der Waals surface area contributed by atoms with Gasteiger partial charge in [-0.25, -0.2) is 0 Å². The maximum Gasteiger partial charge on any atom is 0.251 e. The highest BCUT2D eigenvalue weighted by molar-refractivity contribution is 5.99. The molecule has 1 N–H and O–H groups in total. The van der Waals surface area contributed by atoms with Crippen molar-refractivity contribution in [3.05, 3.63) is 29.8 Å². The number of rotatable bonds is 7. The number of nitrogens with one attached hydrogen (secondary N) is 1. The van der Waals surface area contributed by atoms with Crippen LogP contribution in [0.4, 0.5) is 5.69 Å². The number of amides is 2. The van der Waals surface area contributed by atoms with Crippen molar-refractivity contribution >= 4 is 23.3 Å². The molecule has 3 aliphatic heterocycles. The lowest BCUT2D eigenvalue weighted by atomic mass is 9.91. The molecular formula is C27H40N4O4. The van der Waals surface area contributed by atoms with Gasteiger partial charge in [0.05, 0.1) is 6.10 Å². The van der Waals surface area contributed by atoms with Gasteiger partial charge < -0.3 is 24.8 Å². The number of piperazine rings is 1. The zero-order chi connectivity index (χ0) is 25.3. The van der Waals surface area contributed by atoms with Crippen LogP contribution in [0, 0.1) is 17.8 Å². The van der Waals surface area contributed by atoms with E-state index in [4.69, 9.17) is 4.74 Å². The Balaban J connectivity index is 1.47. The molecule has 8 nitrogen and oxygen atoms in total. The van der Waals surface area contributed by atoms with Gasteiger partial charge in [-0.05, 0) is 43.1 Å². The van der Waals surface area contributed by atoms with E-state index in [0.29, 0.717) is 18.0 Å². The molecule has 5 atom stereocenters. The van der Waals surface area contributed by atoms with Crippen molar-refractivity contribution in [2.75, 3.05) is 51.3 Å². The number of benzene rings is 1. The zero-order valence-corrected chi connectivity index (χ0v) is 21.7. The number of ether oxygens (including phenoxy) is 1. The van der Waals surface area contributed by atoms with Crippen molar-refractivity contribution in [1.82, 2.24) is 15.1 Å². The van der Waals surface area contributed by atoms with E-state index in [9.17, 15) is 14.4 Å². The second-order valence-corrected chi connectivity index (χ2v) is 10.8. The third-order valence-corrected chi connectivity index (χ3v) is 8.13. The third kappa shape index (κ3) is 5.23. The topological polar surface area (TPSA) is 82.2 Å². The monoisotopic (exact) mass is 484 g/mol. The Morgan fingerprint density at radius 2 is 1.74 bits per heavy atom. The fourth-order valence-electron chi connectivity index (χ4n) is 5.48. The molecule has 3 fully saturated rings. The molecule has 1 aromatic rings. The molecule has 0 unspecified atom stereocenters. The first-order valence-corrected chi connectivity index (χ1v) is 13.0. The highest BCUT2D eigenvalue weighted by atomic mass is 16.5. The molecule has 0 bridgehead atoms. The Kier molecular flexibility index (Phi) is 7.81. The predicted molar refractivity (Wildman–Crippen MR) is 135 cm³/mol. The summed E-state index contributed by atoms with van der Waals surface area (Å²) in [5.41, 5.74) is 1.63. The number of hydrogen-bond donors (Lipinski definition) is 1. The largest absolute Gasteiger partial charge is 0.369 e. The Labute approximate surface area is 209 Å². The van der Waals surface area contributed by atoms with Crippen molar-refractivity contribution in [2.45, 2.75) is 52.3 Å². The predicted octanol–water partition coefficient (Wildman–Crippen LogP) is 2.03. The average molecular weight is 485 g/mol. The highest BCUT2D eigenvalue weighted by Crippen LogP contribution is 2.36. The molecule has 8 heteroatoms. The average Bonchev–Trinajstić information content (AvgIpc) is 3.43. The molecule has 2 amide bonds. The van der Waals surface area contributed by atoms with Gasteiger partial charge in [-0.1, -0.05) is 34.1 Å². The van der Waals surface area contributed by atoms with E-state index >= 15 is 0 Å². The van der Waals surface area contributed by atoms with E-state index in [2.05, 4.69) is 36.0 Å². The summed E-state index contributed by atoms with van der Waals surface area (Å²) in [6.07, 6.45) is 0.487.